The first-order valence-corrected chi connectivity index (χ1v) is 12.8. The van der Waals surface area contributed by atoms with Gasteiger partial charge in [-0.05, 0) is 39.0 Å². The highest BCUT2D eigenvalue weighted by atomic mass is 16.6. The smallest absolute Gasteiger partial charge is 0.412 e. The zero-order valence-electron chi connectivity index (χ0n) is 22.9. The normalized spacial score (nSPS) is 10.6. The second-order valence-electron chi connectivity index (χ2n) is 8.36. The minimum Gasteiger partial charge on any atom is -0.476 e. The molecule has 0 aliphatic heterocycles. The van der Waals surface area contributed by atoms with Crippen LogP contribution in [0, 0.1) is 10.1 Å². The number of aromatic nitrogens is 4. The number of hydrogen-bond donors (Lipinski definition) is 1. The Morgan fingerprint density at radius 2 is 1.67 bits per heavy atom. The number of nitrogens with one attached hydrogen (secondary N) is 1. The second-order valence-corrected chi connectivity index (χ2v) is 8.36. The van der Waals surface area contributed by atoms with E-state index in [0.717, 1.165) is 0 Å². The topological polar surface area (TPSA) is 187 Å². The third-order valence-electron chi connectivity index (χ3n) is 5.60. The van der Waals surface area contributed by atoms with Crippen molar-refractivity contribution in [1.29, 1.82) is 0 Å². The molecule has 0 bridgehead atoms. The van der Waals surface area contributed by atoms with E-state index >= 15 is 0 Å². The molecule has 4 rings (SSSR count). The van der Waals surface area contributed by atoms with Crippen molar-refractivity contribution < 1.29 is 38.3 Å². The lowest BCUT2D eigenvalue weighted by Gasteiger charge is -2.11. The molecular weight excluding hydrogens is 552 g/mol. The minimum atomic E-state index is -0.857. The van der Waals surface area contributed by atoms with E-state index in [-0.39, 0.29) is 77.4 Å². The highest BCUT2D eigenvalue weighted by Gasteiger charge is 2.24. The monoisotopic (exact) mass is 578 g/mol. The molecule has 0 saturated carbocycles. The quantitative estimate of drug-likeness (QED) is 0.116. The molecule has 0 unspecified atom stereocenters. The Labute approximate surface area is 238 Å². The summed E-state index contributed by atoms with van der Waals surface area (Å²) in [5.41, 5.74) is 0.526. The number of para-hydroxylation sites is 1. The van der Waals surface area contributed by atoms with Gasteiger partial charge in [-0.3, -0.25) is 20.0 Å². The van der Waals surface area contributed by atoms with Gasteiger partial charge in [0, 0.05) is 12.3 Å². The fourth-order valence-corrected chi connectivity index (χ4v) is 3.82. The molecule has 0 aliphatic rings. The number of amides is 1. The van der Waals surface area contributed by atoms with E-state index in [1.807, 2.05) is 0 Å². The van der Waals surface area contributed by atoms with Crippen molar-refractivity contribution >= 4 is 40.4 Å². The molecule has 0 saturated heterocycles. The molecule has 15 heteroatoms. The van der Waals surface area contributed by atoms with Crippen LogP contribution in [0.1, 0.15) is 47.3 Å². The number of nitro groups is 1. The van der Waals surface area contributed by atoms with Gasteiger partial charge >= 0.3 is 18.0 Å². The van der Waals surface area contributed by atoms with Gasteiger partial charge in [-0.2, -0.15) is 0 Å². The SMILES string of the molecule is CCOC(=O)c1ccccc1NC(=O)OCc1cn(-c2cc3nc(C(=O)OCC)c(OCC)nc3cc2[N+](=O)[O-])cn1. The Morgan fingerprint density at radius 1 is 0.952 bits per heavy atom. The molecule has 15 nitrogen and oxygen atoms in total. The fourth-order valence-electron chi connectivity index (χ4n) is 3.82. The molecule has 0 aliphatic carbocycles. The predicted octanol–water partition coefficient (Wildman–Crippen LogP) is 4.22. The number of nitrogens with zero attached hydrogens (tertiary/aromatic N) is 5. The lowest BCUT2D eigenvalue weighted by Crippen LogP contribution is -2.17. The van der Waals surface area contributed by atoms with Gasteiger partial charge in [-0.25, -0.2) is 29.3 Å². The predicted molar refractivity (Wildman–Crippen MR) is 147 cm³/mol. The Morgan fingerprint density at radius 3 is 2.38 bits per heavy atom. The Hall–Kier alpha value is -5.60. The van der Waals surface area contributed by atoms with Gasteiger partial charge < -0.3 is 18.9 Å². The molecule has 2 heterocycles. The summed E-state index contributed by atoms with van der Waals surface area (Å²) in [6, 6.07) is 8.87. The molecule has 0 radical (unpaired) electrons. The first-order valence-electron chi connectivity index (χ1n) is 12.8. The van der Waals surface area contributed by atoms with Crippen LogP contribution in [0.15, 0.2) is 48.9 Å². The molecule has 4 aromatic rings. The summed E-state index contributed by atoms with van der Waals surface area (Å²) in [5, 5.41) is 14.4. The zero-order valence-corrected chi connectivity index (χ0v) is 22.9. The van der Waals surface area contributed by atoms with Gasteiger partial charge in [0.05, 0.1) is 59.0 Å². The average molecular weight is 579 g/mol. The highest BCUT2D eigenvalue weighted by molar-refractivity contribution is 5.99. The third kappa shape index (κ3) is 6.57. The number of fused-ring (bicyclic) bond motifs is 1. The molecule has 1 N–H and O–H groups in total. The van der Waals surface area contributed by atoms with Gasteiger partial charge in [0.1, 0.15) is 12.3 Å². The summed E-state index contributed by atoms with van der Waals surface area (Å²) in [4.78, 5) is 61.1. The number of benzene rings is 2. The number of rotatable bonds is 11. The summed E-state index contributed by atoms with van der Waals surface area (Å²) < 4.78 is 22.0. The lowest BCUT2D eigenvalue weighted by molar-refractivity contribution is -0.384. The second kappa shape index (κ2) is 13.2. The summed E-state index contributed by atoms with van der Waals surface area (Å²) in [6.07, 6.45) is 1.88. The minimum absolute atomic E-state index is 0.0762. The summed E-state index contributed by atoms with van der Waals surface area (Å²) in [6.45, 7) is 5.17. The molecule has 218 valence electrons. The van der Waals surface area contributed by atoms with Crippen LogP contribution in [0.5, 0.6) is 5.88 Å². The van der Waals surface area contributed by atoms with E-state index in [1.165, 1.54) is 41.4 Å². The molecule has 1 amide bonds. The number of nitro benzene ring substituents is 1. The maximum Gasteiger partial charge on any atom is 0.412 e. The first-order chi connectivity index (χ1) is 20.2. The van der Waals surface area contributed by atoms with E-state index in [4.69, 9.17) is 18.9 Å². The standard InChI is InChI=1S/C27H26N6O9/c1-4-39-24-23(26(35)41-6-3)29-19-11-21(22(33(37)38)12-20(19)30-24)32-13-16(28-15-32)14-42-27(36)31-18-10-8-7-9-17(18)25(34)40-5-2/h7-13,15H,4-6,14H2,1-3H3,(H,31,36). The molecule has 0 atom stereocenters. The van der Waals surface area contributed by atoms with E-state index < -0.39 is 23.0 Å². The van der Waals surface area contributed by atoms with E-state index in [9.17, 15) is 24.5 Å². The van der Waals surface area contributed by atoms with Crippen molar-refractivity contribution in [1.82, 2.24) is 19.5 Å². The average Bonchev–Trinajstić information content (AvgIpc) is 3.45. The molecule has 0 fully saturated rings. The zero-order chi connectivity index (χ0) is 30.2. The van der Waals surface area contributed by atoms with Crippen molar-refractivity contribution in [2.75, 3.05) is 25.1 Å². The van der Waals surface area contributed by atoms with Crippen LogP contribution in [0.2, 0.25) is 0 Å². The van der Waals surface area contributed by atoms with Gasteiger partial charge in [-0.15, -0.1) is 0 Å². The highest BCUT2D eigenvalue weighted by Crippen LogP contribution is 2.30. The largest absolute Gasteiger partial charge is 0.476 e. The van der Waals surface area contributed by atoms with Crippen LogP contribution in [-0.2, 0) is 20.8 Å². The van der Waals surface area contributed by atoms with Crippen molar-refractivity contribution in [3.63, 3.8) is 0 Å². The van der Waals surface area contributed by atoms with Crippen LogP contribution in [0.4, 0.5) is 16.2 Å². The number of carbonyl (C=O) groups excluding carboxylic acids is 3. The fraction of sp³-hybridized carbons (Fsp3) is 0.259. The number of esters is 2. The maximum atomic E-state index is 12.4. The molecule has 0 spiro atoms. The molecular formula is C27H26N6O9. The summed E-state index contributed by atoms with van der Waals surface area (Å²) >= 11 is 0. The summed E-state index contributed by atoms with van der Waals surface area (Å²) in [7, 11) is 0. The van der Waals surface area contributed by atoms with Crippen LogP contribution < -0.4 is 10.1 Å². The number of hydrogen-bond acceptors (Lipinski definition) is 12. The number of carbonyl (C=O) groups is 3. The van der Waals surface area contributed by atoms with Crippen LogP contribution in [0.3, 0.4) is 0 Å². The first kappa shape index (κ1) is 29.4. The van der Waals surface area contributed by atoms with Gasteiger partial charge in [0.25, 0.3) is 5.69 Å². The lowest BCUT2D eigenvalue weighted by atomic mass is 10.2. The van der Waals surface area contributed by atoms with Crippen molar-refractivity contribution in [3.8, 4) is 11.6 Å². The number of anilines is 1. The van der Waals surface area contributed by atoms with Gasteiger partial charge in [0.15, 0.2) is 0 Å². The van der Waals surface area contributed by atoms with Crippen LogP contribution >= 0.6 is 0 Å². The van der Waals surface area contributed by atoms with Crippen LogP contribution in [-0.4, -0.2) is 62.3 Å². The molecule has 2 aromatic carbocycles. The number of imidazole rings is 1. The van der Waals surface area contributed by atoms with E-state index in [2.05, 4.69) is 20.3 Å². The van der Waals surface area contributed by atoms with E-state index in [0.29, 0.717) is 0 Å². The molecule has 2 aromatic heterocycles. The van der Waals surface area contributed by atoms with Gasteiger partial charge in [0.2, 0.25) is 11.6 Å². The molecule has 42 heavy (non-hydrogen) atoms. The maximum absolute atomic E-state index is 12.4. The Kier molecular flexibility index (Phi) is 9.21. The van der Waals surface area contributed by atoms with Crippen LogP contribution in [0.25, 0.3) is 16.7 Å². The van der Waals surface area contributed by atoms with Gasteiger partial charge in [-0.1, -0.05) is 12.1 Å². The number of ether oxygens (including phenoxy) is 4. The van der Waals surface area contributed by atoms with Crippen molar-refractivity contribution in [2.45, 2.75) is 27.4 Å². The summed E-state index contributed by atoms with van der Waals surface area (Å²) in [5.74, 6) is -1.45. The Bertz CT molecular complexity index is 1650. The Balaban J connectivity index is 1.57. The third-order valence-corrected chi connectivity index (χ3v) is 5.60. The van der Waals surface area contributed by atoms with Crippen molar-refractivity contribution in [3.05, 3.63) is 76.0 Å². The van der Waals surface area contributed by atoms with Crippen molar-refractivity contribution in [2.24, 2.45) is 0 Å². The van der Waals surface area contributed by atoms with E-state index in [1.54, 1.807) is 32.9 Å².